The number of nitrogens with zero attached hydrogens (tertiary/aromatic N) is 2. The number of anilines is 6. The van der Waals surface area contributed by atoms with Crippen LogP contribution in [0, 0.1) is 0 Å². The van der Waals surface area contributed by atoms with Gasteiger partial charge in [-0.05, 0) is 155 Å². The van der Waals surface area contributed by atoms with Crippen LogP contribution in [0.3, 0.4) is 0 Å². The van der Waals surface area contributed by atoms with Crippen molar-refractivity contribution in [3.63, 3.8) is 0 Å². The van der Waals surface area contributed by atoms with E-state index in [0.717, 1.165) is 0 Å². The Morgan fingerprint density at radius 3 is 1.22 bits per heavy atom. The summed E-state index contributed by atoms with van der Waals surface area (Å²) in [6, 6.07) is 60.8. The Kier molecular flexibility index (Phi) is 9.54. The minimum atomic E-state index is -0.125. The lowest BCUT2D eigenvalue weighted by molar-refractivity contribution is 0.590. The van der Waals surface area contributed by atoms with Crippen molar-refractivity contribution in [2.24, 2.45) is 0 Å². The number of hydrogen-bond acceptors (Lipinski definition) is 6. The number of fused-ring (bicyclic) bond motifs is 10. The third kappa shape index (κ3) is 6.90. The zero-order valence-electron chi connectivity index (χ0n) is 40.6. The van der Waals surface area contributed by atoms with E-state index in [0.29, 0.717) is 0 Å². The van der Waals surface area contributed by atoms with Crippen LogP contribution in [-0.2, 0) is 16.2 Å². The first kappa shape index (κ1) is 43.1. The Morgan fingerprint density at radius 1 is 0.362 bits per heavy atom. The van der Waals surface area contributed by atoms with Crippen molar-refractivity contribution in [3.8, 4) is 20.9 Å². The van der Waals surface area contributed by atoms with E-state index < -0.39 is 0 Å². The molecule has 2 aliphatic heterocycles. The Hall–Kier alpha value is -5.96. The fraction of sp³-hybridized carbons (Fsp3) is 0.194. The average Bonchev–Trinajstić information content (AvgIpc) is 4.13. The van der Waals surface area contributed by atoms with Crippen LogP contribution in [0.2, 0.25) is 0 Å². The lowest BCUT2D eigenvalue weighted by Gasteiger charge is -2.43. The summed E-state index contributed by atoms with van der Waals surface area (Å²) in [7, 11) is 0. The Bertz CT molecular complexity index is 3590. The van der Waals surface area contributed by atoms with Crippen molar-refractivity contribution in [1.82, 2.24) is 0 Å². The molecule has 0 aliphatic carbocycles. The standard InChI is InChI=1S/C62H53BN2S4/c1-60(2,3)40-24-26-51-45(32-40)55-58(68-51)64(43-20-14-18-36(28-43)53-30-38-16-10-12-22-49(38)66-53)47-34-42(62(7,8)9)35-48-57(47)63(55)56-46-33-41(61(4,5)6)25-27-52(46)69-59(56)65(48)44-21-15-19-37(29-44)54-31-39-17-11-13-23-50(39)67-54/h10-35H,1-9H3. The van der Waals surface area contributed by atoms with Gasteiger partial charge in [0.25, 0.3) is 6.71 Å². The molecule has 0 atom stereocenters. The van der Waals surface area contributed by atoms with E-state index in [-0.39, 0.29) is 23.0 Å². The first-order valence-electron chi connectivity index (χ1n) is 24.2. The molecular weight excluding hydrogens is 912 g/mol. The largest absolute Gasteiger partial charge is 0.303 e. The molecular formula is C62H53BN2S4. The Balaban J connectivity index is 1.14. The van der Waals surface area contributed by atoms with Crippen molar-refractivity contribution >= 4 is 142 Å². The quantitative estimate of drug-likeness (QED) is 0.162. The van der Waals surface area contributed by atoms with E-state index in [9.17, 15) is 0 Å². The van der Waals surface area contributed by atoms with Crippen LogP contribution < -0.4 is 26.2 Å². The molecule has 11 aromatic rings. The molecule has 0 saturated carbocycles. The van der Waals surface area contributed by atoms with Gasteiger partial charge in [0.15, 0.2) is 0 Å². The van der Waals surface area contributed by atoms with E-state index in [4.69, 9.17) is 0 Å². The van der Waals surface area contributed by atoms with E-state index in [1.165, 1.54) is 127 Å². The molecule has 7 heteroatoms. The van der Waals surface area contributed by atoms with Crippen LogP contribution in [0.4, 0.5) is 32.8 Å². The summed E-state index contributed by atoms with van der Waals surface area (Å²) in [4.78, 5) is 7.89. The molecule has 338 valence electrons. The SMILES string of the molecule is CC(C)(C)c1cc2c3c(c1)N(c1cccc(-c4cc5ccccc5s4)c1)c1sc4ccc(C(C)(C)C)cc4c1B3c1c(sc3ccc(C(C)(C)C)cc13)N2c1cccc(-c2cc3ccccc3s2)c1. The van der Waals surface area contributed by atoms with Crippen molar-refractivity contribution in [2.75, 3.05) is 9.80 Å². The molecule has 4 aromatic heterocycles. The lowest BCUT2D eigenvalue weighted by atomic mass is 9.33. The molecule has 0 radical (unpaired) electrons. The van der Waals surface area contributed by atoms with E-state index in [2.05, 4.69) is 230 Å². The van der Waals surface area contributed by atoms with Crippen molar-refractivity contribution < 1.29 is 0 Å². The van der Waals surface area contributed by atoms with Gasteiger partial charge < -0.3 is 9.80 Å². The van der Waals surface area contributed by atoms with Gasteiger partial charge in [0.2, 0.25) is 0 Å². The average molecular weight is 965 g/mol. The Labute approximate surface area is 422 Å². The smallest absolute Gasteiger partial charge is 0.256 e. The molecule has 6 heterocycles. The number of benzene rings is 7. The molecule has 7 aromatic carbocycles. The second-order valence-electron chi connectivity index (χ2n) is 22.2. The van der Waals surface area contributed by atoms with E-state index in [1.54, 1.807) is 0 Å². The summed E-state index contributed by atoms with van der Waals surface area (Å²) in [6.45, 7) is 21.2. The van der Waals surface area contributed by atoms with Crippen LogP contribution in [0.1, 0.15) is 79.0 Å². The highest BCUT2D eigenvalue weighted by Gasteiger charge is 2.48. The highest BCUT2D eigenvalue weighted by atomic mass is 32.1. The van der Waals surface area contributed by atoms with Gasteiger partial charge >= 0.3 is 0 Å². The van der Waals surface area contributed by atoms with Gasteiger partial charge in [-0.3, -0.25) is 0 Å². The molecule has 2 aliphatic rings. The van der Waals surface area contributed by atoms with Crippen LogP contribution in [0.25, 0.3) is 61.2 Å². The first-order chi connectivity index (χ1) is 33.1. The van der Waals surface area contributed by atoms with E-state index >= 15 is 0 Å². The molecule has 2 nitrogen and oxygen atoms in total. The number of hydrogen-bond donors (Lipinski definition) is 0. The van der Waals surface area contributed by atoms with Crippen LogP contribution in [0.15, 0.2) is 158 Å². The third-order valence-corrected chi connectivity index (χ3v) is 19.2. The molecule has 0 amide bonds. The predicted molar refractivity (Wildman–Crippen MR) is 309 cm³/mol. The van der Waals surface area contributed by atoms with Gasteiger partial charge in [-0.2, -0.15) is 0 Å². The molecule has 0 fully saturated rings. The summed E-state index contributed by atoms with van der Waals surface area (Å²) < 4.78 is 5.30. The molecule has 0 saturated heterocycles. The van der Waals surface area contributed by atoms with Crippen molar-refractivity contribution in [2.45, 2.75) is 78.6 Å². The van der Waals surface area contributed by atoms with Crippen LogP contribution in [-0.4, -0.2) is 6.71 Å². The van der Waals surface area contributed by atoms with Gasteiger partial charge in [0.05, 0.1) is 10.0 Å². The zero-order chi connectivity index (χ0) is 47.3. The third-order valence-electron chi connectivity index (χ3n) is 14.5. The van der Waals surface area contributed by atoms with Gasteiger partial charge in [-0.1, -0.05) is 147 Å². The first-order valence-corrected chi connectivity index (χ1v) is 27.4. The molecule has 13 rings (SSSR count). The minimum absolute atomic E-state index is 0.00557. The fourth-order valence-corrected chi connectivity index (χ4v) is 15.4. The predicted octanol–water partition coefficient (Wildman–Crippen LogP) is 17.9. The molecule has 69 heavy (non-hydrogen) atoms. The monoisotopic (exact) mass is 964 g/mol. The molecule has 0 N–H and O–H groups in total. The lowest BCUT2D eigenvalue weighted by Crippen LogP contribution is -2.60. The minimum Gasteiger partial charge on any atom is -0.303 e. The summed E-state index contributed by atoms with van der Waals surface area (Å²) in [5.74, 6) is 0. The molecule has 0 bridgehead atoms. The maximum absolute atomic E-state index is 2.66. The zero-order valence-corrected chi connectivity index (χ0v) is 43.9. The highest BCUT2D eigenvalue weighted by molar-refractivity contribution is 7.29. The highest BCUT2D eigenvalue weighted by Crippen LogP contribution is 2.53. The maximum atomic E-state index is 2.66. The number of rotatable bonds is 4. The van der Waals surface area contributed by atoms with Gasteiger partial charge in [-0.15, -0.1) is 45.3 Å². The molecule has 0 unspecified atom stereocenters. The topological polar surface area (TPSA) is 6.48 Å². The van der Waals surface area contributed by atoms with Gasteiger partial charge in [0.1, 0.15) is 0 Å². The van der Waals surface area contributed by atoms with Crippen molar-refractivity contribution in [1.29, 1.82) is 0 Å². The summed E-state index contributed by atoms with van der Waals surface area (Å²) >= 11 is 7.68. The normalized spacial score (nSPS) is 13.8. The maximum Gasteiger partial charge on any atom is 0.256 e. The van der Waals surface area contributed by atoms with Crippen LogP contribution >= 0.6 is 45.3 Å². The molecule has 0 spiro atoms. The van der Waals surface area contributed by atoms with Crippen LogP contribution in [0.5, 0.6) is 0 Å². The van der Waals surface area contributed by atoms with Gasteiger partial charge in [-0.25, -0.2) is 0 Å². The van der Waals surface area contributed by atoms with E-state index in [1.807, 2.05) is 45.3 Å². The fourth-order valence-electron chi connectivity index (χ4n) is 10.8. The second kappa shape index (κ2) is 15.3. The Morgan fingerprint density at radius 2 is 0.797 bits per heavy atom. The summed E-state index contributed by atoms with van der Waals surface area (Å²) in [6.07, 6.45) is 0. The summed E-state index contributed by atoms with van der Waals surface area (Å²) in [5.41, 5.74) is 15.5. The van der Waals surface area contributed by atoms with Gasteiger partial charge in [0, 0.05) is 51.3 Å². The second-order valence-corrected chi connectivity index (χ2v) is 26.5. The van der Waals surface area contributed by atoms with Crippen molar-refractivity contribution in [3.05, 3.63) is 174 Å². The summed E-state index contributed by atoms with van der Waals surface area (Å²) in [5, 5.41) is 7.95. The number of thiophene rings is 4.